The zero-order valence-corrected chi connectivity index (χ0v) is 8.29. The molecule has 2 aromatic rings. The van der Waals surface area contributed by atoms with Gasteiger partial charge in [-0.3, -0.25) is 4.79 Å². The molecular formula is C6H4ClN5OS. The molecule has 2 heterocycles. The summed E-state index contributed by atoms with van der Waals surface area (Å²) in [4.78, 5) is 10.7. The van der Waals surface area contributed by atoms with E-state index in [0.29, 0.717) is 5.82 Å². The van der Waals surface area contributed by atoms with Crippen LogP contribution >= 0.6 is 23.3 Å². The van der Waals surface area contributed by atoms with Gasteiger partial charge in [0.2, 0.25) is 5.82 Å². The molecule has 8 heteroatoms. The van der Waals surface area contributed by atoms with Gasteiger partial charge >= 0.3 is 0 Å². The molecule has 0 fully saturated rings. The maximum atomic E-state index is 10.7. The highest BCUT2D eigenvalue weighted by atomic mass is 35.5. The normalized spacial score (nSPS) is 10.4. The maximum absolute atomic E-state index is 10.7. The van der Waals surface area contributed by atoms with Gasteiger partial charge in [0.25, 0.3) is 5.91 Å². The summed E-state index contributed by atoms with van der Waals surface area (Å²) in [7, 11) is 0. The van der Waals surface area contributed by atoms with Gasteiger partial charge in [-0.05, 0) is 6.07 Å². The largest absolute Gasteiger partial charge is 0.364 e. The Morgan fingerprint density at radius 2 is 2.36 bits per heavy atom. The monoisotopic (exact) mass is 229 g/mol. The van der Waals surface area contributed by atoms with Crippen LogP contribution in [0.15, 0.2) is 12.3 Å². The second-order valence-electron chi connectivity index (χ2n) is 2.39. The van der Waals surface area contributed by atoms with Crippen LogP contribution in [-0.2, 0) is 0 Å². The van der Waals surface area contributed by atoms with Gasteiger partial charge in [-0.1, -0.05) is 11.6 Å². The molecule has 0 spiro atoms. The van der Waals surface area contributed by atoms with Crippen LogP contribution in [0.25, 0.3) is 5.82 Å². The number of amides is 1. The molecule has 2 rings (SSSR count). The van der Waals surface area contributed by atoms with Gasteiger partial charge in [0.15, 0.2) is 5.15 Å². The Hall–Kier alpha value is -1.47. The molecule has 2 aromatic heterocycles. The second kappa shape index (κ2) is 3.35. The Bertz CT molecular complexity index is 478. The third-order valence-electron chi connectivity index (χ3n) is 1.49. The third kappa shape index (κ3) is 1.47. The highest BCUT2D eigenvalue weighted by Gasteiger charge is 2.11. The Labute approximate surface area is 87.6 Å². The minimum Gasteiger partial charge on any atom is -0.364 e. The molecule has 0 aliphatic carbocycles. The lowest BCUT2D eigenvalue weighted by molar-refractivity contribution is 0.0995. The van der Waals surface area contributed by atoms with Crippen molar-refractivity contribution in [3.05, 3.63) is 23.1 Å². The van der Waals surface area contributed by atoms with Crippen LogP contribution in [0.2, 0.25) is 5.15 Å². The summed E-state index contributed by atoms with van der Waals surface area (Å²) in [5, 5.41) is 4.12. The lowest BCUT2D eigenvalue weighted by Crippen LogP contribution is -2.12. The van der Waals surface area contributed by atoms with Gasteiger partial charge in [-0.2, -0.15) is 13.8 Å². The van der Waals surface area contributed by atoms with Crippen molar-refractivity contribution in [3.8, 4) is 5.82 Å². The smallest absolute Gasteiger partial charge is 0.269 e. The van der Waals surface area contributed by atoms with Crippen LogP contribution < -0.4 is 5.73 Å². The molecule has 0 unspecified atom stereocenters. The highest BCUT2D eigenvalue weighted by Crippen LogP contribution is 2.16. The van der Waals surface area contributed by atoms with Crippen molar-refractivity contribution >= 4 is 29.2 Å². The fraction of sp³-hybridized carbons (Fsp3) is 0. The number of hydrogen-bond acceptors (Lipinski definition) is 5. The minimum absolute atomic E-state index is 0.161. The Morgan fingerprint density at radius 3 is 2.86 bits per heavy atom. The molecule has 0 bridgehead atoms. The first-order valence-electron chi connectivity index (χ1n) is 3.52. The zero-order valence-electron chi connectivity index (χ0n) is 6.72. The van der Waals surface area contributed by atoms with E-state index in [1.807, 2.05) is 0 Å². The maximum Gasteiger partial charge on any atom is 0.269 e. The van der Waals surface area contributed by atoms with Crippen LogP contribution in [0.4, 0.5) is 0 Å². The van der Waals surface area contributed by atoms with Crippen LogP contribution in [0.1, 0.15) is 10.5 Å². The zero-order chi connectivity index (χ0) is 10.1. The van der Waals surface area contributed by atoms with E-state index in [4.69, 9.17) is 17.3 Å². The Kier molecular flexibility index (Phi) is 2.18. The average molecular weight is 230 g/mol. The quantitative estimate of drug-likeness (QED) is 0.811. The van der Waals surface area contributed by atoms with Crippen LogP contribution in [-0.4, -0.2) is 24.4 Å². The molecule has 0 aliphatic heterocycles. The van der Waals surface area contributed by atoms with Crippen molar-refractivity contribution in [3.63, 3.8) is 0 Å². The summed E-state index contributed by atoms with van der Waals surface area (Å²) in [5.41, 5.74) is 5.20. The van der Waals surface area contributed by atoms with Crippen LogP contribution in [0.5, 0.6) is 0 Å². The summed E-state index contributed by atoms with van der Waals surface area (Å²) >= 11 is 6.69. The number of carbonyl (C=O) groups is 1. The van der Waals surface area contributed by atoms with E-state index in [0.717, 1.165) is 11.7 Å². The number of rotatable bonds is 2. The first-order valence-corrected chi connectivity index (χ1v) is 4.63. The fourth-order valence-corrected chi connectivity index (χ4v) is 1.60. The van der Waals surface area contributed by atoms with Crippen LogP contribution in [0, 0.1) is 0 Å². The van der Waals surface area contributed by atoms with Gasteiger partial charge in [0, 0.05) is 6.20 Å². The SMILES string of the molecule is NC(=O)c1ccn(-c2nsnc2Cl)n1. The molecule has 0 aromatic carbocycles. The molecule has 6 nitrogen and oxygen atoms in total. The van der Waals surface area contributed by atoms with Crippen molar-refractivity contribution in [1.29, 1.82) is 0 Å². The molecule has 0 radical (unpaired) electrons. The van der Waals surface area contributed by atoms with E-state index in [1.165, 1.54) is 10.7 Å². The summed E-state index contributed by atoms with van der Waals surface area (Å²) in [5.74, 6) is -0.202. The van der Waals surface area contributed by atoms with Gasteiger partial charge < -0.3 is 5.73 Å². The van der Waals surface area contributed by atoms with Gasteiger partial charge in [-0.25, -0.2) is 4.68 Å². The van der Waals surface area contributed by atoms with E-state index in [1.54, 1.807) is 6.20 Å². The molecular weight excluding hydrogens is 226 g/mol. The third-order valence-corrected chi connectivity index (χ3v) is 2.36. The number of nitrogens with two attached hydrogens (primary N) is 1. The predicted molar refractivity (Wildman–Crippen MR) is 50.6 cm³/mol. The first kappa shape index (κ1) is 9.10. The lowest BCUT2D eigenvalue weighted by Gasteiger charge is -1.93. The van der Waals surface area contributed by atoms with E-state index < -0.39 is 5.91 Å². The minimum atomic E-state index is -0.594. The van der Waals surface area contributed by atoms with Gasteiger partial charge in [0.05, 0.1) is 11.7 Å². The Balaban J connectivity index is 2.43. The van der Waals surface area contributed by atoms with Crippen LogP contribution in [0.3, 0.4) is 0 Å². The summed E-state index contributed by atoms with van der Waals surface area (Å²) in [6.07, 6.45) is 1.54. The fourth-order valence-electron chi connectivity index (χ4n) is 0.883. The van der Waals surface area contributed by atoms with Crippen molar-refractivity contribution in [2.75, 3.05) is 0 Å². The number of primary amides is 1. The highest BCUT2D eigenvalue weighted by molar-refractivity contribution is 6.99. The first-order chi connectivity index (χ1) is 6.68. The predicted octanol–water partition coefficient (Wildman–Crippen LogP) is 0.476. The van der Waals surface area contributed by atoms with E-state index in [-0.39, 0.29) is 10.8 Å². The summed E-state index contributed by atoms with van der Waals surface area (Å²) in [6.45, 7) is 0. The van der Waals surface area contributed by atoms with Crippen molar-refractivity contribution in [1.82, 2.24) is 18.5 Å². The molecule has 14 heavy (non-hydrogen) atoms. The number of halogens is 1. The van der Waals surface area contributed by atoms with E-state index in [9.17, 15) is 4.79 Å². The second-order valence-corrected chi connectivity index (χ2v) is 3.27. The number of aromatic nitrogens is 4. The molecule has 0 aliphatic rings. The molecule has 0 saturated heterocycles. The number of hydrogen-bond donors (Lipinski definition) is 1. The lowest BCUT2D eigenvalue weighted by atomic mass is 10.4. The van der Waals surface area contributed by atoms with Crippen molar-refractivity contribution in [2.45, 2.75) is 0 Å². The molecule has 1 amide bonds. The van der Waals surface area contributed by atoms with Crippen molar-refractivity contribution in [2.24, 2.45) is 5.73 Å². The van der Waals surface area contributed by atoms with Crippen molar-refractivity contribution < 1.29 is 4.79 Å². The topological polar surface area (TPSA) is 86.7 Å². The molecule has 0 atom stereocenters. The summed E-state index contributed by atoms with van der Waals surface area (Å²) < 4.78 is 9.02. The molecule has 0 saturated carbocycles. The van der Waals surface area contributed by atoms with E-state index in [2.05, 4.69) is 13.8 Å². The standard InChI is InChI=1S/C6H4ClN5OS/c7-4-6(11-14-10-4)12-2-1-3(9-12)5(8)13/h1-2H,(H2,8,13). The Morgan fingerprint density at radius 1 is 1.57 bits per heavy atom. The van der Waals surface area contributed by atoms with Gasteiger partial charge in [0.1, 0.15) is 5.69 Å². The molecule has 72 valence electrons. The average Bonchev–Trinajstić information content (AvgIpc) is 2.71. The van der Waals surface area contributed by atoms with Gasteiger partial charge in [-0.15, -0.1) is 0 Å². The summed E-state index contributed by atoms with van der Waals surface area (Å²) in [6, 6.07) is 1.48. The molecule has 2 N–H and O–H groups in total. The number of nitrogens with zero attached hydrogens (tertiary/aromatic N) is 4. The number of carbonyl (C=O) groups excluding carboxylic acids is 1. The van der Waals surface area contributed by atoms with E-state index >= 15 is 0 Å².